The minimum atomic E-state index is 0.527. The van der Waals surface area contributed by atoms with E-state index in [9.17, 15) is 0 Å². The minimum absolute atomic E-state index is 0.527. The molecule has 17 heavy (non-hydrogen) atoms. The van der Waals surface area contributed by atoms with Crippen molar-refractivity contribution in [3.05, 3.63) is 39.9 Å². The molecule has 3 nitrogen and oxygen atoms in total. The van der Waals surface area contributed by atoms with Gasteiger partial charge in [-0.05, 0) is 31.9 Å². The van der Waals surface area contributed by atoms with E-state index < -0.39 is 0 Å². The summed E-state index contributed by atoms with van der Waals surface area (Å²) in [4.78, 5) is 5.05. The van der Waals surface area contributed by atoms with E-state index in [2.05, 4.69) is 37.9 Å². The minimum Gasteiger partial charge on any atom is -0.487 e. The molecule has 0 saturated carbocycles. The molecule has 0 unspecified atom stereocenters. The molecule has 0 amide bonds. The van der Waals surface area contributed by atoms with Crippen LogP contribution in [0.5, 0.6) is 5.75 Å². The van der Waals surface area contributed by atoms with E-state index in [0.717, 1.165) is 10.6 Å². The smallest absolute Gasteiger partial charge is 0.180 e. The first-order valence-electron chi connectivity index (χ1n) is 5.47. The maximum absolute atomic E-state index is 5.84. The molecule has 0 bridgehead atoms. The van der Waals surface area contributed by atoms with Gasteiger partial charge in [0.15, 0.2) is 5.13 Å². The van der Waals surface area contributed by atoms with Gasteiger partial charge in [0.05, 0.1) is 4.88 Å². The summed E-state index contributed by atoms with van der Waals surface area (Å²) in [5.41, 5.74) is 9.17. The highest BCUT2D eigenvalue weighted by Gasteiger charge is 2.06. The molecule has 0 radical (unpaired) electrons. The average Bonchev–Trinajstić information content (AvgIpc) is 2.62. The Balaban J connectivity index is 2.14. The van der Waals surface area contributed by atoms with Gasteiger partial charge in [-0.3, -0.25) is 0 Å². The van der Waals surface area contributed by atoms with Crippen LogP contribution in [0.15, 0.2) is 18.3 Å². The first kappa shape index (κ1) is 11.9. The van der Waals surface area contributed by atoms with Crippen LogP contribution in [0, 0.1) is 20.8 Å². The molecule has 0 fully saturated rings. The number of aromatic nitrogens is 1. The molecule has 2 aromatic rings. The topological polar surface area (TPSA) is 48.1 Å². The summed E-state index contributed by atoms with van der Waals surface area (Å²) >= 11 is 1.46. The lowest BCUT2D eigenvalue weighted by atomic mass is 10.1. The van der Waals surface area contributed by atoms with Gasteiger partial charge in [-0.1, -0.05) is 29.0 Å². The molecule has 1 heterocycles. The second kappa shape index (κ2) is 4.75. The van der Waals surface area contributed by atoms with E-state index in [1.807, 2.05) is 0 Å². The highest BCUT2D eigenvalue weighted by molar-refractivity contribution is 7.15. The number of nitrogen functional groups attached to an aromatic ring is 1. The van der Waals surface area contributed by atoms with E-state index in [4.69, 9.17) is 10.5 Å². The fraction of sp³-hybridized carbons (Fsp3) is 0.308. The second-order valence-corrected chi connectivity index (χ2v) is 5.33. The van der Waals surface area contributed by atoms with Gasteiger partial charge in [0.25, 0.3) is 0 Å². The number of rotatable bonds is 3. The molecular weight excluding hydrogens is 232 g/mol. The van der Waals surface area contributed by atoms with Gasteiger partial charge in [0.1, 0.15) is 12.4 Å². The maximum Gasteiger partial charge on any atom is 0.180 e. The average molecular weight is 248 g/mol. The van der Waals surface area contributed by atoms with Crippen molar-refractivity contribution in [2.75, 3.05) is 5.73 Å². The Bertz CT molecular complexity index is 511. The Morgan fingerprint density at radius 1 is 1.24 bits per heavy atom. The van der Waals surface area contributed by atoms with Crippen molar-refractivity contribution in [3.63, 3.8) is 0 Å². The van der Waals surface area contributed by atoms with Crippen LogP contribution in [0.1, 0.15) is 21.6 Å². The maximum atomic E-state index is 5.84. The largest absolute Gasteiger partial charge is 0.487 e. The molecule has 2 rings (SSSR count). The van der Waals surface area contributed by atoms with E-state index in [0.29, 0.717) is 11.7 Å². The lowest BCUT2D eigenvalue weighted by Gasteiger charge is -2.12. The summed E-state index contributed by atoms with van der Waals surface area (Å²) in [5.74, 6) is 0.961. The molecule has 2 N–H and O–H groups in total. The Kier molecular flexibility index (Phi) is 3.33. The van der Waals surface area contributed by atoms with Crippen LogP contribution >= 0.6 is 11.3 Å². The van der Waals surface area contributed by atoms with Gasteiger partial charge in [0, 0.05) is 6.20 Å². The standard InChI is InChI=1S/C13H16N2OS/c1-8-4-9(2)12(10(3)5-8)16-7-11-6-15-13(14)17-11/h4-6H,7H2,1-3H3,(H2,14,15). The molecule has 1 aromatic carbocycles. The summed E-state index contributed by atoms with van der Waals surface area (Å²) in [7, 11) is 0. The third kappa shape index (κ3) is 2.77. The molecule has 0 saturated heterocycles. The molecule has 90 valence electrons. The van der Waals surface area contributed by atoms with Crippen LogP contribution in [0.2, 0.25) is 0 Å². The number of benzene rings is 1. The Morgan fingerprint density at radius 2 is 1.88 bits per heavy atom. The summed E-state index contributed by atoms with van der Waals surface area (Å²) in [6, 6.07) is 4.26. The number of nitrogens with zero attached hydrogens (tertiary/aromatic N) is 1. The zero-order valence-electron chi connectivity index (χ0n) is 10.3. The molecule has 0 aliphatic carbocycles. The fourth-order valence-electron chi connectivity index (χ4n) is 1.93. The first-order chi connectivity index (χ1) is 8.06. The second-order valence-electron chi connectivity index (χ2n) is 4.18. The van der Waals surface area contributed by atoms with Gasteiger partial charge in [-0.15, -0.1) is 0 Å². The van der Waals surface area contributed by atoms with Crippen molar-refractivity contribution < 1.29 is 4.74 Å². The van der Waals surface area contributed by atoms with Crippen LogP contribution in [0.4, 0.5) is 5.13 Å². The lowest BCUT2D eigenvalue weighted by molar-refractivity contribution is 0.305. The number of anilines is 1. The highest BCUT2D eigenvalue weighted by Crippen LogP contribution is 2.26. The van der Waals surface area contributed by atoms with Crippen molar-refractivity contribution in [2.24, 2.45) is 0 Å². The summed E-state index contributed by atoms with van der Waals surface area (Å²) in [5, 5.41) is 0.584. The van der Waals surface area contributed by atoms with E-state index in [1.54, 1.807) is 6.20 Å². The number of hydrogen-bond acceptors (Lipinski definition) is 4. The number of ether oxygens (including phenoxy) is 1. The zero-order chi connectivity index (χ0) is 12.4. The zero-order valence-corrected chi connectivity index (χ0v) is 11.1. The first-order valence-corrected chi connectivity index (χ1v) is 6.28. The van der Waals surface area contributed by atoms with Crippen molar-refractivity contribution in [1.29, 1.82) is 0 Å². The van der Waals surface area contributed by atoms with Crippen LogP contribution in [0.3, 0.4) is 0 Å². The lowest BCUT2D eigenvalue weighted by Crippen LogP contribution is -1.98. The predicted molar refractivity (Wildman–Crippen MR) is 71.5 cm³/mol. The molecular formula is C13H16N2OS. The number of hydrogen-bond donors (Lipinski definition) is 1. The number of aryl methyl sites for hydroxylation is 3. The quantitative estimate of drug-likeness (QED) is 0.907. The third-order valence-corrected chi connectivity index (χ3v) is 3.33. The van der Waals surface area contributed by atoms with Crippen LogP contribution in [0.25, 0.3) is 0 Å². The molecule has 4 heteroatoms. The molecule has 0 aliphatic heterocycles. The van der Waals surface area contributed by atoms with Gasteiger partial charge >= 0.3 is 0 Å². The van der Waals surface area contributed by atoms with Crippen molar-refractivity contribution in [3.8, 4) is 5.75 Å². The van der Waals surface area contributed by atoms with E-state index >= 15 is 0 Å². The fourth-order valence-corrected chi connectivity index (χ4v) is 2.52. The Hall–Kier alpha value is -1.55. The summed E-state index contributed by atoms with van der Waals surface area (Å²) in [6.45, 7) is 6.75. The monoisotopic (exact) mass is 248 g/mol. The van der Waals surface area contributed by atoms with E-state index in [-0.39, 0.29) is 0 Å². The van der Waals surface area contributed by atoms with E-state index in [1.165, 1.54) is 28.0 Å². The van der Waals surface area contributed by atoms with Crippen molar-refractivity contribution in [2.45, 2.75) is 27.4 Å². The van der Waals surface area contributed by atoms with Crippen LogP contribution in [-0.2, 0) is 6.61 Å². The summed E-state index contributed by atoms with van der Waals surface area (Å²) < 4.78 is 5.84. The molecule has 0 atom stereocenters. The van der Waals surface area contributed by atoms with Crippen molar-refractivity contribution in [1.82, 2.24) is 4.98 Å². The molecule has 0 spiro atoms. The Morgan fingerprint density at radius 3 is 2.41 bits per heavy atom. The number of thiazole rings is 1. The van der Waals surface area contributed by atoms with Crippen LogP contribution < -0.4 is 10.5 Å². The third-order valence-electron chi connectivity index (χ3n) is 2.53. The molecule has 1 aromatic heterocycles. The van der Waals surface area contributed by atoms with Crippen LogP contribution in [-0.4, -0.2) is 4.98 Å². The van der Waals surface area contributed by atoms with Crippen molar-refractivity contribution >= 4 is 16.5 Å². The van der Waals surface area contributed by atoms with Gasteiger partial charge in [0.2, 0.25) is 0 Å². The summed E-state index contributed by atoms with van der Waals surface area (Å²) in [6.07, 6.45) is 1.76. The molecule has 0 aliphatic rings. The Labute approximate surface area is 105 Å². The van der Waals surface area contributed by atoms with Gasteiger partial charge in [-0.2, -0.15) is 0 Å². The normalized spacial score (nSPS) is 10.5. The highest BCUT2D eigenvalue weighted by atomic mass is 32.1. The SMILES string of the molecule is Cc1cc(C)c(OCc2cnc(N)s2)c(C)c1. The number of nitrogens with two attached hydrogens (primary N) is 1. The predicted octanol–water partition coefficient (Wildman–Crippen LogP) is 3.23. The van der Waals surface area contributed by atoms with Gasteiger partial charge in [-0.25, -0.2) is 4.98 Å². The van der Waals surface area contributed by atoms with Gasteiger partial charge < -0.3 is 10.5 Å².